The maximum absolute atomic E-state index is 10.00. The molecule has 0 spiro atoms. The highest BCUT2D eigenvalue weighted by atomic mass is 16.7. The van der Waals surface area contributed by atoms with Crippen LogP contribution >= 0.6 is 0 Å². The summed E-state index contributed by atoms with van der Waals surface area (Å²) in [6, 6.07) is 0. The Morgan fingerprint density at radius 2 is 1.62 bits per heavy atom. The van der Waals surface area contributed by atoms with Crippen LogP contribution in [0.4, 0.5) is 0 Å². The number of hydrogen-bond acceptors (Lipinski definition) is 4. The molecule has 123 valence electrons. The SMILES string of the molecule is CC1[CH][C@H](C)C(C)[C@H](OC[C@H]2C(C)C(O)OC(C)[C@@H]2C)O1. The largest absolute Gasteiger partial charge is 0.368 e. The minimum Gasteiger partial charge on any atom is -0.368 e. The number of hydrogen-bond donors (Lipinski definition) is 1. The Kier molecular flexibility index (Phi) is 5.69. The summed E-state index contributed by atoms with van der Waals surface area (Å²) in [6.07, 6.45) is 1.57. The monoisotopic (exact) mass is 299 g/mol. The van der Waals surface area contributed by atoms with Crippen LogP contribution in [0.2, 0.25) is 0 Å². The van der Waals surface area contributed by atoms with Crippen LogP contribution < -0.4 is 0 Å². The summed E-state index contributed by atoms with van der Waals surface area (Å²) in [6.45, 7) is 13.3. The molecule has 2 aliphatic rings. The zero-order chi connectivity index (χ0) is 15.7. The van der Waals surface area contributed by atoms with E-state index in [-0.39, 0.29) is 30.3 Å². The third-order valence-corrected chi connectivity index (χ3v) is 5.53. The fourth-order valence-corrected chi connectivity index (χ4v) is 3.44. The standard InChI is InChI=1S/C17H31O4/c1-9-7-10(2)20-17(11(9)3)19-8-15-12(4)14(6)21-16(18)13(15)5/h7,9-18H,8H2,1-6H3/t9-,10?,11?,12-,13?,14?,15+,16?,17+/m0/s1. The van der Waals surface area contributed by atoms with Gasteiger partial charge in [0.1, 0.15) is 0 Å². The van der Waals surface area contributed by atoms with Crippen molar-refractivity contribution in [3.63, 3.8) is 0 Å². The Bertz CT molecular complexity index is 321. The molecule has 2 fully saturated rings. The normalized spacial score (nSPS) is 51.9. The van der Waals surface area contributed by atoms with Crippen LogP contribution in [0.3, 0.4) is 0 Å². The van der Waals surface area contributed by atoms with Gasteiger partial charge >= 0.3 is 0 Å². The van der Waals surface area contributed by atoms with Crippen molar-refractivity contribution < 1.29 is 19.3 Å². The van der Waals surface area contributed by atoms with E-state index in [9.17, 15) is 5.11 Å². The highest BCUT2D eigenvalue weighted by Crippen LogP contribution is 2.36. The molecule has 4 heteroatoms. The summed E-state index contributed by atoms with van der Waals surface area (Å²) < 4.78 is 17.6. The molecule has 9 atom stereocenters. The van der Waals surface area contributed by atoms with Crippen LogP contribution in [-0.2, 0) is 14.2 Å². The fraction of sp³-hybridized carbons (Fsp3) is 0.941. The molecule has 1 N–H and O–H groups in total. The molecule has 1 radical (unpaired) electrons. The van der Waals surface area contributed by atoms with Gasteiger partial charge in [-0.1, -0.05) is 27.7 Å². The number of ether oxygens (including phenoxy) is 3. The van der Waals surface area contributed by atoms with Gasteiger partial charge in [-0.3, -0.25) is 0 Å². The van der Waals surface area contributed by atoms with Crippen LogP contribution in [0.25, 0.3) is 0 Å². The molecule has 0 aromatic heterocycles. The van der Waals surface area contributed by atoms with E-state index in [2.05, 4.69) is 34.1 Å². The summed E-state index contributed by atoms with van der Waals surface area (Å²) in [5.74, 6) is 1.58. The van der Waals surface area contributed by atoms with E-state index in [0.29, 0.717) is 24.4 Å². The molecule has 2 heterocycles. The van der Waals surface area contributed by atoms with Gasteiger partial charge in [0, 0.05) is 11.8 Å². The molecular weight excluding hydrogens is 268 g/mol. The summed E-state index contributed by atoms with van der Waals surface area (Å²) in [5.41, 5.74) is 0. The summed E-state index contributed by atoms with van der Waals surface area (Å²) >= 11 is 0. The van der Waals surface area contributed by atoms with Crippen molar-refractivity contribution in [2.75, 3.05) is 6.61 Å². The van der Waals surface area contributed by atoms with E-state index in [1.807, 2.05) is 13.8 Å². The van der Waals surface area contributed by atoms with Crippen molar-refractivity contribution >= 4 is 0 Å². The second-order valence-electron chi connectivity index (χ2n) is 7.07. The molecule has 2 saturated heterocycles. The highest BCUT2D eigenvalue weighted by molar-refractivity contribution is 4.89. The van der Waals surface area contributed by atoms with E-state index in [4.69, 9.17) is 14.2 Å². The Morgan fingerprint density at radius 1 is 0.952 bits per heavy atom. The molecule has 0 aromatic rings. The van der Waals surface area contributed by atoms with Crippen LogP contribution in [0.5, 0.6) is 0 Å². The molecule has 0 saturated carbocycles. The van der Waals surface area contributed by atoms with Gasteiger partial charge in [0.05, 0.1) is 18.8 Å². The second kappa shape index (κ2) is 6.95. The maximum atomic E-state index is 10.00. The van der Waals surface area contributed by atoms with Gasteiger partial charge < -0.3 is 19.3 Å². The topological polar surface area (TPSA) is 47.9 Å². The molecule has 0 bridgehead atoms. The lowest BCUT2D eigenvalue weighted by Crippen LogP contribution is -2.47. The minimum atomic E-state index is -0.694. The number of aliphatic hydroxyl groups excluding tert-OH is 1. The fourth-order valence-electron chi connectivity index (χ4n) is 3.44. The van der Waals surface area contributed by atoms with E-state index in [1.165, 1.54) is 0 Å². The predicted molar refractivity (Wildman–Crippen MR) is 81.3 cm³/mol. The summed E-state index contributed by atoms with van der Waals surface area (Å²) in [7, 11) is 0. The van der Waals surface area contributed by atoms with Crippen molar-refractivity contribution in [3.8, 4) is 0 Å². The number of aliphatic hydroxyl groups is 1. The van der Waals surface area contributed by atoms with Crippen molar-refractivity contribution in [1.82, 2.24) is 0 Å². The first-order chi connectivity index (χ1) is 9.81. The average Bonchev–Trinajstić information content (AvgIpc) is 2.41. The van der Waals surface area contributed by atoms with Gasteiger partial charge in [-0.2, -0.15) is 0 Å². The van der Waals surface area contributed by atoms with Crippen LogP contribution in [0, 0.1) is 36.0 Å². The van der Waals surface area contributed by atoms with Crippen molar-refractivity contribution in [2.45, 2.75) is 66.3 Å². The molecule has 21 heavy (non-hydrogen) atoms. The van der Waals surface area contributed by atoms with Crippen LogP contribution in [-0.4, -0.2) is 36.5 Å². The van der Waals surface area contributed by atoms with Gasteiger partial charge in [-0.25, -0.2) is 0 Å². The summed E-state index contributed by atoms with van der Waals surface area (Å²) in [5, 5.41) is 10.00. The lowest BCUT2D eigenvalue weighted by molar-refractivity contribution is -0.254. The lowest BCUT2D eigenvalue weighted by atomic mass is 9.78. The molecular formula is C17H31O4. The molecule has 0 aliphatic carbocycles. The van der Waals surface area contributed by atoms with Gasteiger partial charge in [-0.05, 0) is 38.0 Å². The molecule has 0 amide bonds. The minimum absolute atomic E-state index is 0.0562. The van der Waals surface area contributed by atoms with Gasteiger partial charge in [0.2, 0.25) is 0 Å². The van der Waals surface area contributed by atoms with Crippen LogP contribution in [0.15, 0.2) is 0 Å². The zero-order valence-electron chi connectivity index (χ0n) is 14.2. The van der Waals surface area contributed by atoms with Crippen molar-refractivity contribution in [3.05, 3.63) is 6.42 Å². The van der Waals surface area contributed by atoms with Gasteiger partial charge in [-0.15, -0.1) is 0 Å². The predicted octanol–water partition coefficient (Wildman–Crippen LogP) is 2.85. The Labute approximate surface area is 129 Å². The lowest BCUT2D eigenvalue weighted by Gasteiger charge is -2.43. The molecule has 4 nitrogen and oxygen atoms in total. The highest BCUT2D eigenvalue weighted by Gasteiger charge is 2.40. The van der Waals surface area contributed by atoms with Gasteiger partial charge in [0.25, 0.3) is 0 Å². The Hall–Kier alpha value is -0.160. The number of rotatable bonds is 3. The van der Waals surface area contributed by atoms with Crippen molar-refractivity contribution in [1.29, 1.82) is 0 Å². The maximum Gasteiger partial charge on any atom is 0.160 e. The molecule has 2 rings (SSSR count). The van der Waals surface area contributed by atoms with Crippen molar-refractivity contribution in [2.24, 2.45) is 29.6 Å². The molecule has 5 unspecified atom stereocenters. The van der Waals surface area contributed by atoms with Gasteiger partial charge in [0.15, 0.2) is 12.6 Å². The first kappa shape index (κ1) is 17.2. The third kappa shape index (κ3) is 3.79. The van der Waals surface area contributed by atoms with E-state index in [0.717, 1.165) is 0 Å². The molecule has 0 aromatic carbocycles. The van der Waals surface area contributed by atoms with Crippen LogP contribution in [0.1, 0.15) is 41.5 Å². The first-order valence-corrected chi connectivity index (χ1v) is 8.26. The first-order valence-electron chi connectivity index (χ1n) is 8.26. The quantitative estimate of drug-likeness (QED) is 0.870. The summed E-state index contributed by atoms with van der Waals surface area (Å²) in [4.78, 5) is 0. The zero-order valence-corrected chi connectivity index (χ0v) is 14.2. The van der Waals surface area contributed by atoms with E-state index in [1.54, 1.807) is 0 Å². The van der Waals surface area contributed by atoms with E-state index < -0.39 is 6.29 Å². The third-order valence-electron chi connectivity index (χ3n) is 5.53. The smallest absolute Gasteiger partial charge is 0.160 e. The average molecular weight is 299 g/mol. The Balaban J connectivity index is 1.94. The molecule has 2 aliphatic heterocycles. The van der Waals surface area contributed by atoms with E-state index >= 15 is 0 Å². The second-order valence-corrected chi connectivity index (χ2v) is 7.07. The Morgan fingerprint density at radius 3 is 2.29 bits per heavy atom.